The van der Waals surface area contributed by atoms with Gasteiger partial charge in [0.15, 0.2) is 5.43 Å². The number of hydrogen-bond acceptors (Lipinski definition) is 7. The van der Waals surface area contributed by atoms with E-state index in [1.54, 1.807) is 41.3 Å². The Morgan fingerprint density at radius 2 is 1.61 bits per heavy atom. The number of morpholine rings is 1. The second-order valence-corrected chi connectivity index (χ2v) is 8.71. The van der Waals surface area contributed by atoms with Crippen LogP contribution in [0.5, 0.6) is 17.2 Å². The van der Waals surface area contributed by atoms with Crippen LogP contribution in [0.4, 0.5) is 0 Å². The summed E-state index contributed by atoms with van der Waals surface area (Å²) >= 11 is 0. The van der Waals surface area contributed by atoms with E-state index < -0.39 is 17.1 Å². The molecule has 0 spiro atoms. The van der Waals surface area contributed by atoms with Crippen molar-refractivity contribution in [3.05, 3.63) is 88.1 Å². The Balaban J connectivity index is 1.71. The van der Waals surface area contributed by atoms with Gasteiger partial charge >= 0.3 is 0 Å². The highest BCUT2D eigenvalue weighted by molar-refractivity contribution is 5.91. The van der Waals surface area contributed by atoms with Crippen LogP contribution in [0, 0.1) is 0 Å². The summed E-state index contributed by atoms with van der Waals surface area (Å²) in [5.41, 5.74) is 1.02. The molecule has 8 nitrogen and oxygen atoms in total. The van der Waals surface area contributed by atoms with Crippen molar-refractivity contribution in [1.82, 2.24) is 4.90 Å². The molecule has 0 aliphatic carbocycles. The molecule has 0 saturated carbocycles. The largest absolute Gasteiger partial charge is 0.508 e. The summed E-state index contributed by atoms with van der Waals surface area (Å²) in [6.45, 7) is 1.80. The summed E-state index contributed by atoms with van der Waals surface area (Å²) in [7, 11) is 0. The van der Waals surface area contributed by atoms with E-state index in [1.807, 2.05) is 6.07 Å². The number of hydrogen-bond donors (Lipinski definition) is 3. The summed E-state index contributed by atoms with van der Waals surface area (Å²) in [4.78, 5) is 28.1. The van der Waals surface area contributed by atoms with Gasteiger partial charge in [0, 0.05) is 48.7 Å². The summed E-state index contributed by atoms with van der Waals surface area (Å²) in [5, 5.41) is 31.3. The van der Waals surface area contributed by atoms with Crippen molar-refractivity contribution < 1.29 is 29.3 Å². The SMILES string of the molecule is O=C(C[C@@H](c1ccc(O)cc1)c1c(O)cc(O)c2c(=O)cc(-c3ccccc3)oc12)N1CCOCC1. The Morgan fingerprint density at radius 3 is 2.31 bits per heavy atom. The van der Waals surface area contributed by atoms with Crippen LogP contribution in [0.1, 0.15) is 23.5 Å². The highest BCUT2D eigenvalue weighted by atomic mass is 16.5. The van der Waals surface area contributed by atoms with Gasteiger partial charge in [0.1, 0.15) is 34.0 Å². The van der Waals surface area contributed by atoms with Crippen LogP contribution < -0.4 is 5.43 Å². The fourth-order valence-electron chi connectivity index (χ4n) is 4.61. The topological polar surface area (TPSA) is 120 Å². The Bertz CT molecular complexity index is 1460. The van der Waals surface area contributed by atoms with E-state index in [9.17, 15) is 24.9 Å². The summed E-state index contributed by atoms with van der Waals surface area (Å²) in [5.74, 6) is -1.28. The van der Waals surface area contributed by atoms with E-state index in [4.69, 9.17) is 9.15 Å². The molecule has 3 aromatic carbocycles. The number of aromatic hydroxyl groups is 3. The number of carbonyl (C=O) groups is 1. The molecule has 5 rings (SSSR count). The van der Waals surface area contributed by atoms with Gasteiger partial charge in [-0.05, 0) is 17.7 Å². The number of nitrogens with zero attached hydrogens (tertiary/aromatic N) is 1. The predicted octanol–water partition coefficient (Wildman–Crippen LogP) is 3.96. The second kappa shape index (κ2) is 9.75. The monoisotopic (exact) mass is 487 g/mol. The molecule has 36 heavy (non-hydrogen) atoms. The van der Waals surface area contributed by atoms with E-state index in [-0.39, 0.29) is 46.1 Å². The lowest BCUT2D eigenvalue weighted by Crippen LogP contribution is -2.41. The van der Waals surface area contributed by atoms with Crippen LogP contribution in [0.25, 0.3) is 22.3 Å². The molecule has 1 aromatic heterocycles. The van der Waals surface area contributed by atoms with E-state index in [0.29, 0.717) is 37.4 Å². The summed E-state index contributed by atoms with van der Waals surface area (Å²) in [6.07, 6.45) is -0.0303. The minimum absolute atomic E-state index is 0.00621. The van der Waals surface area contributed by atoms with Gasteiger partial charge in [0.2, 0.25) is 5.91 Å². The fourth-order valence-corrected chi connectivity index (χ4v) is 4.61. The number of phenols is 3. The van der Waals surface area contributed by atoms with Crippen LogP contribution >= 0.6 is 0 Å². The lowest BCUT2D eigenvalue weighted by Gasteiger charge is -2.29. The predicted molar refractivity (Wildman–Crippen MR) is 133 cm³/mol. The van der Waals surface area contributed by atoms with Gasteiger partial charge in [0.25, 0.3) is 0 Å². The van der Waals surface area contributed by atoms with Crippen LogP contribution in [-0.4, -0.2) is 52.4 Å². The van der Waals surface area contributed by atoms with E-state index >= 15 is 0 Å². The molecule has 1 fully saturated rings. The highest BCUT2D eigenvalue weighted by Crippen LogP contribution is 2.43. The molecule has 4 aromatic rings. The number of benzene rings is 3. The number of rotatable bonds is 5. The van der Waals surface area contributed by atoms with Crippen LogP contribution in [0.2, 0.25) is 0 Å². The van der Waals surface area contributed by atoms with Crippen molar-refractivity contribution >= 4 is 16.9 Å². The first kappa shape index (κ1) is 23.4. The molecular formula is C28H25NO7. The third kappa shape index (κ3) is 4.50. The first-order valence-corrected chi connectivity index (χ1v) is 11.6. The average Bonchev–Trinajstić information content (AvgIpc) is 2.89. The molecule has 184 valence electrons. The molecule has 1 saturated heterocycles. The van der Waals surface area contributed by atoms with Crippen molar-refractivity contribution in [1.29, 1.82) is 0 Å². The standard InChI is InChI=1S/C28H25NO7/c30-19-8-6-17(7-9-19)20(14-25(34)29-10-12-35-13-11-29)26-21(31)15-22(32)27-23(33)16-24(36-28(26)27)18-4-2-1-3-5-18/h1-9,15-16,20,30-32H,10-14H2/t20-/m0/s1. The zero-order valence-electron chi connectivity index (χ0n) is 19.4. The second-order valence-electron chi connectivity index (χ2n) is 8.71. The van der Waals surface area contributed by atoms with Gasteiger partial charge in [-0.1, -0.05) is 42.5 Å². The average molecular weight is 488 g/mol. The molecule has 1 amide bonds. The van der Waals surface area contributed by atoms with Crippen molar-refractivity contribution in [2.45, 2.75) is 12.3 Å². The lowest BCUT2D eigenvalue weighted by molar-refractivity contribution is -0.135. The maximum Gasteiger partial charge on any atom is 0.223 e. The third-order valence-corrected chi connectivity index (χ3v) is 6.44. The number of fused-ring (bicyclic) bond motifs is 1. The molecule has 2 heterocycles. The van der Waals surface area contributed by atoms with Gasteiger partial charge in [-0.25, -0.2) is 0 Å². The molecule has 1 aliphatic rings. The first-order valence-electron chi connectivity index (χ1n) is 11.6. The maximum atomic E-state index is 13.3. The molecule has 0 radical (unpaired) electrons. The Hall–Kier alpha value is -4.30. The van der Waals surface area contributed by atoms with Crippen molar-refractivity contribution in [3.8, 4) is 28.6 Å². The number of phenolic OH excluding ortho intramolecular Hbond substituents is 3. The third-order valence-electron chi connectivity index (χ3n) is 6.44. The smallest absolute Gasteiger partial charge is 0.223 e. The van der Waals surface area contributed by atoms with E-state index in [2.05, 4.69) is 0 Å². The zero-order chi connectivity index (χ0) is 25.2. The Kier molecular flexibility index (Phi) is 6.35. The zero-order valence-corrected chi connectivity index (χ0v) is 19.4. The number of ether oxygens (including phenoxy) is 1. The van der Waals surface area contributed by atoms with Crippen LogP contribution in [-0.2, 0) is 9.53 Å². The maximum absolute atomic E-state index is 13.3. The molecule has 8 heteroatoms. The molecule has 3 N–H and O–H groups in total. The van der Waals surface area contributed by atoms with Crippen molar-refractivity contribution in [2.24, 2.45) is 0 Å². The number of amides is 1. The van der Waals surface area contributed by atoms with Crippen molar-refractivity contribution in [2.75, 3.05) is 26.3 Å². The van der Waals surface area contributed by atoms with Crippen molar-refractivity contribution in [3.63, 3.8) is 0 Å². The normalized spacial score (nSPS) is 14.6. The Labute approximate surface area is 206 Å². The van der Waals surface area contributed by atoms with E-state index in [0.717, 1.165) is 6.07 Å². The summed E-state index contributed by atoms with van der Waals surface area (Å²) in [6, 6.07) is 17.7. The van der Waals surface area contributed by atoms with Gasteiger partial charge in [-0.3, -0.25) is 9.59 Å². The molecular weight excluding hydrogens is 462 g/mol. The highest BCUT2D eigenvalue weighted by Gasteiger charge is 2.30. The Morgan fingerprint density at radius 1 is 0.917 bits per heavy atom. The number of carbonyl (C=O) groups excluding carboxylic acids is 1. The van der Waals surface area contributed by atoms with Gasteiger partial charge < -0.3 is 29.4 Å². The molecule has 0 unspecified atom stereocenters. The van der Waals surface area contributed by atoms with Gasteiger partial charge in [-0.15, -0.1) is 0 Å². The molecule has 1 aliphatic heterocycles. The van der Waals surface area contributed by atoms with Crippen LogP contribution in [0.3, 0.4) is 0 Å². The summed E-state index contributed by atoms with van der Waals surface area (Å²) < 4.78 is 11.5. The minimum Gasteiger partial charge on any atom is -0.508 e. The van der Waals surface area contributed by atoms with Crippen LogP contribution in [0.15, 0.2) is 75.9 Å². The van der Waals surface area contributed by atoms with Gasteiger partial charge in [0.05, 0.1) is 13.2 Å². The first-order chi connectivity index (χ1) is 17.4. The van der Waals surface area contributed by atoms with Gasteiger partial charge in [-0.2, -0.15) is 0 Å². The van der Waals surface area contributed by atoms with E-state index in [1.165, 1.54) is 18.2 Å². The molecule has 1 atom stereocenters. The quantitative estimate of drug-likeness (QED) is 0.390. The molecule has 0 bridgehead atoms. The fraction of sp³-hybridized carbons (Fsp3) is 0.214. The lowest BCUT2D eigenvalue weighted by atomic mass is 9.86. The minimum atomic E-state index is -0.724.